The van der Waals surface area contributed by atoms with Crippen LogP contribution in [-0.2, 0) is 4.79 Å². The average molecular weight is 251 g/mol. The van der Waals surface area contributed by atoms with Gasteiger partial charge in [-0.05, 0) is 37.7 Å². The lowest BCUT2D eigenvalue weighted by Crippen LogP contribution is -2.15. The Bertz CT molecular complexity index is 315. The molecule has 2 unspecified atom stereocenters. The number of carbonyl (C=O) groups excluding carboxylic acids is 1. The Labute approximate surface area is 113 Å². The molecule has 0 fully saturated rings. The minimum absolute atomic E-state index is 0.0674. The zero-order valence-electron chi connectivity index (χ0n) is 12.9. The summed E-state index contributed by atoms with van der Waals surface area (Å²) in [4.78, 5) is 16.8. The Kier molecular flexibility index (Phi) is 8.61. The zero-order valence-corrected chi connectivity index (χ0v) is 12.9. The first-order valence-corrected chi connectivity index (χ1v) is 7.26. The lowest BCUT2D eigenvalue weighted by molar-refractivity contribution is -0.118. The van der Waals surface area contributed by atoms with E-state index in [4.69, 9.17) is 0 Å². The average Bonchev–Trinajstić information content (AvgIpc) is 2.40. The van der Waals surface area contributed by atoms with E-state index in [-0.39, 0.29) is 11.7 Å². The van der Waals surface area contributed by atoms with Gasteiger partial charge in [0.2, 0.25) is 0 Å². The second-order valence-corrected chi connectivity index (χ2v) is 5.11. The van der Waals surface area contributed by atoms with E-state index in [1.165, 1.54) is 0 Å². The number of hydrogen-bond donors (Lipinski definition) is 0. The predicted octanol–water partition coefficient (Wildman–Crippen LogP) is 4.79. The van der Waals surface area contributed by atoms with Crippen molar-refractivity contribution < 1.29 is 4.79 Å². The van der Waals surface area contributed by atoms with Crippen molar-refractivity contribution in [1.29, 1.82) is 0 Å². The van der Waals surface area contributed by atoms with Gasteiger partial charge >= 0.3 is 0 Å². The fraction of sp³-hybridized carbons (Fsp3) is 0.750. The molecule has 0 aliphatic rings. The number of Topliss-reactive ketones (excluding diaryl/α,β-unsaturated/α-hetero) is 1. The van der Waals surface area contributed by atoms with Gasteiger partial charge in [0, 0.05) is 12.1 Å². The first-order valence-electron chi connectivity index (χ1n) is 7.26. The molecular formula is C16H29NO. The molecular weight excluding hydrogens is 222 g/mol. The summed E-state index contributed by atoms with van der Waals surface area (Å²) in [6.07, 6.45) is 5.81. The van der Waals surface area contributed by atoms with Gasteiger partial charge in [0.25, 0.3) is 0 Å². The summed E-state index contributed by atoms with van der Waals surface area (Å²) in [5.74, 6) is 0.687. The topological polar surface area (TPSA) is 29.4 Å². The molecule has 0 rings (SSSR count). The largest absolute Gasteiger partial charge is 0.292 e. The quantitative estimate of drug-likeness (QED) is 0.450. The maximum Gasteiger partial charge on any atom is 0.183 e. The molecule has 0 bridgehead atoms. The molecule has 2 atom stereocenters. The number of aliphatic imine (C=N–C) groups is 1. The van der Waals surface area contributed by atoms with Crippen molar-refractivity contribution in [3.63, 3.8) is 0 Å². The maximum atomic E-state index is 12.4. The SMILES string of the molecule is CCCC=N/C(C(=O)C(C)CC)=C(\C)C(C)CC. The smallest absolute Gasteiger partial charge is 0.183 e. The van der Waals surface area contributed by atoms with E-state index < -0.39 is 0 Å². The van der Waals surface area contributed by atoms with E-state index in [1.54, 1.807) is 0 Å². The summed E-state index contributed by atoms with van der Waals surface area (Å²) in [7, 11) is 0. The summed E-state index contributed by atoms with van der Waals surface area (Å²) in [6.45, 7) is 12.5. The van der Waals surface area contributed by atoms with Crippen LogP contribution in [0.25, 0.3) is 0 Å². The minimum atomic E-state index is 0.0674. The molecule has 0 spiro atoms. The molecule has 18 heavy (non-hydrogen) atoms. The van der Waals surface area contributed by atoms with Crippen LogP contribution < -0.4 is 0 Å². The summed E-state index contributed by atoms with van der Waals surface area (Å²) < 4.78 is 0. The van der Waals surface area contributed by atoms with Gasteiger partial charge < -0.3 is 0 Å². The second-order valence-electron chi connectivity index (χ2n) is 5.11. The molecule has 0 radical (unpaired) electrons. The summed E-state index contributed by atoms with van der Waals surface area (Å²) in [5.41, 5.74) is 1.84. The third kappa shape index (κ3) is 5.16. The molecule has 0 saturated carbocycles. The number of nitrogens with zero attached hydrogens (tertiary/aromatic N) is 1. The van der Waals surface area contributed by atoms with E-state index in [1.807, 2.05) is 20.1 Å². The highest BCUT2D eigenvalue weighted by Gasteiger charge is 2.19. The molecule has 0 aromatic heterocycles. The van der Waals surface area contributed by atoms with E-state index in [2.05, 4.69) is 32.7 Å². The van der Waals surface area contributed by atoms with E-state index in [0.29, 0.717) is 11.6 Å². The molecule has 2 heteroatoms. The second kappa shape index (κ2) is 9.07. The molecule has 0 heterocycles. The van der Waals surface area contributed by atoms with Crippen LogP contribution in [0.3, 0.4) is 0 Å². The van der Waals surface area contributed by atoms with Gasteiger partial charge in [-0.3, -0.25) is 9.79 Å². The van der Waals surface area contributed by atoms with Gasteiger partial charge in [-0.2, -0.15) is 0 Å². The van der Waals surface area contributed by atoms with Crippen molar-refractivity contribution in [2.45, 2.75) is 67.2 Å². The monoisotopic (exact) mass is 251 g/mol. The fourth-order valence-electron chi connectivity index (χ4n) is 1.60. The van der Waals surface area contributed by atoms with Crippen LogP contribution in [0.2, 0.25) is 0 Å². The Hall–Kier alpha value is -0.920. The molecule has 0 aliphatic heterocycles. The van der Waals surface area contributed by atoms with Crippen molar-refractivity contribution >= 4 is 12.0 Å². The minimum Gasteiger partial charge on any atom is -0.292 e. The van der Waals surface area contributed by atoms with Crippen LogP contribution in [0.1, 0.15) is 67.2 Å². The van der Waals surface area contributed by atoms with Gasteiger partial charge in [-0.1, -0.05) is 41.0 Å². The van der Waals surface area contributed by atoms with Gasteiger partial charge in [0.1, 0.15) is 5.70 Å². The summed E-state index contributed by atoms with van der Waals surface area (Å²) >= 11 is 0. The normalized spacial score (nSPS) is 16.6. The van der Waals surface area contributed by atoms with Gasteiger partial charge in [0.15, 0.2) is 5.78 Å². The Morgan fingerprint density at radius 3 is 2.11 bits per heavy atom. The number of unbranched alkanes of at least 4 members (excludes halogenated alkanes) is 1. The third-order valence-corrected chi connectivity index (χ3v) is 3.66. The van der Waals surface area contributed by atoms with Crippen LogP contribution in [0.5, 0.6) is 0 Å². The standard InChI is InChI=1S/C16H29NO/c1-7-10-11-17-15(14(6)12(4)8-2)16(18)13(5)9-3/h11-13H,7-10H2,1-6H3/b15-14+,17-11?. The van der Waals surface area contributed by atoms with E-state index >= 15 is 0 Å². The van der Waals surface area contributed by atoms with Crippen molar-refractivity contribution in [2.75, 3.05) is 0 Å². The van der Waals surface area contributed by atoms with E-state index in [9.17, 15) is 4.79 Å². The van der Waals surface area contributed by atoms with Crippen molar-refractivity contribution in [3.8, 4) is 0 Å². The van der Waals surface area contributed by atoms with Crippen LogP contribution in [0.4, 0.5) is 0 Å². The highest BCUT2D eigenvalue weighted by atomic mass is 16.1. The Morgan fingerprint density at radius 2 is 1.67 bits per heavy atom. The third-order valence-electron chi connectivity index (χ3n) is 3.66. The molecule has 0 aromatic carbocycles. The van der Waals surface area contributed by atoms with Crippen molar-refractivity contribution in [1.82, 2.24) is 0 Å². The van der Waals surface area contributed by atoms with Crippen LogP contribution >= 0.6 is 0 Å². The van der Waals surface area contributed by atoms with E-state index in [0.717, 1.165) is 31.3 Å². The summed E-state index contributed by atoms with van der Waals surface area (Å²) in [6, 6.07) is 0. The Balaban J connectivity index is 5.23. The van der Waals surface area contributed by atoms with Crippen LogP contribution in [0, 0.1) is 11.8 Å². The molecule has 2 nitrogen and oxygen atoms in total. The maximum absolute atomic E-state index is 12.4. The van der Waals surface area contributed by atoms with Crippen molar-refractivity contribution in [2.24, 2.45) is 16.8 Å². The van der Waals surface area contributed by atoms with Gasteiger partial charge in [-0.15, -0.1) is 0 Å². The predicted molar refractivity (Wildman–Crippen MR) is 80.0 cm³/mol. The fourth-order valence-corrected chi connectivity index (χ4v) is 1.60. The number of ketones is 1. The molecule has 0 aliphatic carbocycles. The van der Waals surface area contributed by atoms with Crippen molar-refractivity contribution in [3.05, 3.63) is 11.3 Å². The Morgan fingerprint density at radius 1 is 1.11 bits per heavy atom. The number of hydrogen-bond acceptors (Lipinski definition) is 2. The lowest BCUT2D eigenvalue weighted by atomic mass is 9.92. The highest BCUT2D eigenvalue weighted by molar-refractivity contribution is 5.98. The molecule has 0 amide bonds. The number of carbonyl (C=O) groups is 1. The number of rotatable bonds is 8. The summed E-state index contributed by atoms with van der Waals surface area (Å²) in [5, 5.41) is 0. The first-order chi connectivity index (χ1) is 8.49. The molecule has 0 N–H and O–H groups in total. The van der Waals surface area contributed by atoms with Gasteiger partial charge in [0.05, 0.1) is 0 Å². The highest BCUT2D eigenvalue weighted by Crippen LogP contribution is 2.22. The van der Waals surface area contributed by atoms with Gasteiger partial charge in [-0.25, -0.2) is 0 Å². The molecule has 0 saturated heterocycles. The molecule has 0 aromatic rings. The first kappa shape index (κ1) is 17.1. The number of allylic oxidation sites excluding steroid dienone is 2. The zero-order chi connectivity index (χ0) is 14.1. The molecule has 104 valence electrons. The van der Waals surface area contributed by atoms with Crippen LogP contribution in [0.15, 0.2) is 16.3 Å². The van der Waals surface area contributed by atoms with Crippen LogP contribution in [-0.4, -0.2) is 12.0 Å². The lowest BCUT2D eigenvalue weighted by Gasteiger charge is -2.15.